The summed E-state index contributed by atoms with van der Waals surface area (Å²) in [6.45, 7) is 0. The first-order chi connectivity index (χ1) is 8.56. The lowest BCUT2D eigenvalue weighted by atomic mass is 10.1. The van der Waals surface area contributed by atoms with Gasteiger partial charge in [0.25, 0.3) is 5.78 Å². The number of aliphatic carboxylic acids is 1. The first-order valence-corrected chi connectivity index (χ1v) is 5.77. The van der Waals surface area contributed by atoms with Crippen LogP contribution in [0.15, 0.2) is 24.3 Å². The summed E-state index contributed by atoms with van der Waals surface area (Å²) in [7, 11) is 0. The zero-order chi connectivity index (χ0) is 13.3. The fourth-order valence-electron chi connectivity index (χ4n) is 1.64. The van der Waals surface area contributed by atoms with Crippen molar-refractivity contribution in [2.24, 2.45) is 0 Å². The molecule has 1 atom stereocenters. The molecular weight excluding hydrogens is 256 g/mol. The largest absolute Gasteiger partial charge is 0.480 e. The normalized spacial score (nSPS) is 15.7. The quantitative estimate of drug-likeness (QED) is 0.531. The molecule has 0 spiro atoms. The van der Waals surface area contributed by atoms with Gasteiger partial charge in [0, 0.05) is 5.75 Å². The number of hydrogen-bond acceptors (Lipinski definition) is 5. The average molecular weight is 266 g/mol. The summed E-state index contributed by atoms with van der Waals surface area (Å²) in [6, 6.07) is 5.35. The Bertz CT molecular complexity index is 532. The van der Waals surface area contributed by atoms with Crippen LogP contribution in [0.1, 0.15) is 10.4 Å². The minimum absolute atomic E-state index is 0.00449. The van der Waals surface area contributed by atoms with Crippen molar-refractivity contribution in [3.8, 4) is 0 Å². The lowest BCUT2D eigenvalue weighted by molar-refractivity contribution is -0.138. The topological polar surface area (TPSA) is 86.7 Å². The van der Waals surface area contributed by atoms with E-state index < -0.39 is 23.7 Å². The zero-order valence-corrected chi connectivity index (χ0v) is 10.1. The van der Waals surface area contributed by atoms with E-state index in [4.69, 9.17) is 5.11 Å². The molecule has 0 aromatic heterocycles. The molecule has 2 N–H and O–H groups in total. The first-order valence-electron chi connectivity index (χ1n) is 5.14. The first kappa shape index (κ1) is 12.6. The van der Waals surface area contributed by atoms with Gasteiger partial charge in [-0.15, -0.1) is 0 Å². The van der Waals surface area contributed by atoms with E-state index in [0.717, 1.165) is 5.01 Å². The monoisotopic (exact) mass is 266 g/mol. The van der Waals surface area contributed by atoms with E-state index in [-0.39, 0.29) is 11.3 Å². The summed E-state index contributed by atoms with van der Waals surface area (Å²) in [5.74, 6) is -2.59. The number of nitrogens with one attached hydrogen (secondary N) is 1. The molecule has 1 aliphatic rings. The average Bonchev–Trinajstić information content (AvgIpc) is 2.60. The molecule has 0 unspecified atom stereocenters. The minimum Gasteiger partial charge on any atom is -0.480 e. The summed E-state index contributed by atoms with van der Waals surface area (Å²) in [4.78, 5) is 34.3. The number of amides is 1. The highest BCUT2D eigenvalue weighted by Gasteiger charge is 2.37. The number of fused-ring (bicyclic) bond motifs is 1. The predicted molar refractivity (Wildman–Crippen MR) is 66.7 cm³/mol. The number of nitrogens with zero attached hydrogens (tertiary/aromatic N) is 1. The maximum atomic E-state index is 11.7. The van der Waals surface area contributed by atoms with Crippen molar-refractivity contribution in [2.75, 3.05) is 10.8 Å². The molecule has 18 heavy (non-hydrogen) atoms. The number of carbonyl (C=O) groups excluding carboxylic acids is 2. The van der Waals surface area contributed by atoms with Crippen LogP contribution in [0.4, 0.5) is 5.69 Å². The molecule has 1 heterocycles. The van der Waals surface area contributed by atoms with Crippen LogP contribution < -0.4 is 10.4 Å². The molecule has 0 radical (unpaired) electrons. The number of carboxylic acid groups (broad SMARTS) is 1. The van der Waals surface area contributed by atoms with E-state index in [2.05, 4.69) is 18.1 Å². The number of hydrogen-bond donors (Lipinski definition) is 3. The van der Waals surface area contributed by atoms with Gasteiger partial charge in [-0.2, -0.15) is 12.6 Å². The molecule has 6 nitrogen and oxygen atoms in total. The van der Waals surface area contributed by atoms with Crippen molar-refractivity contribution in [2.45, 2.75) is 6.04 Å². The lowest BCUT2D eigenvalue weighted by Crippen LogP contribution is -2.51. The third-order valence-electron chi connectivity index (χ3n) is 2.55. The Balaban J connectivity index is 2.32. The number of hydrazine groups is 1. The number of carbonyl (C=O) groups is 3. The Kier molecular flexibility index (Phi) is 3.35. The SMILES string of the molecule is O=C1C(=O)N(N[C@@H](CS)C(=O)O)c2ccccc21. The highest BCUT2D eigenvalue weighted by molar-refractivity contribution is 7.80. The van der Waals surface area contributed by atoms with Crippen LogP contribution >= 0.6 is 12.6 Å². The van der Waals surface area contributed by atoms with Crippen LogP contribution in [0.3, 0.4) is 0 Å². The number of thiol groups is 1. The molecule has 0 bridgehead atoms. The Morgan fingerprint density at radius 1 is 1.39 bits per heavy atom. The second-order valence-electron chi connectivity index (χ2n) is 3.69. The van der Waals surface area contributed by atoms with Crippen LogP contribution in [-0.4, -0.2) is 34.6 Å². The molecule has 7 heteroatoms. The second-order valence-corrected chi connectivity index (χ2v) is 4.05. The third kappa shape index (κ3) is 1.98. The van der Waals surface area contributed by atoms with Crippen molar-refractivity contribution in [3.05, 3.63) is 29.8 Å². The van der Waals surface area contributed by atoms with Crippen molar-refractivity contribution in [1.82, 2.24) is 5.43 Å². The zero-order valence-electron chi connectivity index (χ0n) is 9.16. The smallest absolute Gasteiger partial charge is 0.323 e. The van der Waals surface area contributed by atoms with Crippen molar-refractivity contribution in [1.29, 1.82) is 0 Å². The fourth-order valence-corrected chi connectivity index (χ4v) is 1.88. The number of carboxylic acids is 1. The molecule has 0 saturated heterocycles. The van der Waals surface area contributed by atoms with Crippen molar-refractivity contribution < 1.29 is 19.5 Å². The maximum Gasteiger partial charge on any atom is 0.323 e. The van der Waals surface area contributed by atoms with Crippen LogP contribution in [0.5, 0.6) is 0 Å². The van der Waals surface area contributed by atoms with Gasteiger partial charge in [-0.3, -0.25) is 14.4 Å². The number of Topliss-reactive ketones (excluding diaryl/α,β-unsaturated/α-hetero) is 1. The Hall–Kier alpha value is -1.86. The van der Waals surface area contributed by atoms with E-state index >= 15 is 0 Å². The maximum absolute atomic E-state index is 11.7. The highest BCUT2D eigenvalue weighted by atomic mass is 32.1. The molecule has 1 amide bonds. The van der Waals surface area contributed by atoms with Crippen LogP contribution in [0.2, 0.25) is 0 Å². The van der Waals surface area contributed by atoms with Gasteiger partial charge in [0.1, 0.15) is 6.04 Å². The van der Waals surface area contributed by atoms with Crippen molar-refractivity contribution in [3.63, 3.8) is 0 Å². The molecule has 2 rings (SSSR count). The highest BCUT2D eigenvalue weighted by Crippen LogP contribution is 2.26. The van der Waals surface area contributed by atoms with Crippen LogP contribution in [0, 0.1) is 0 Å². The van der Waals surface area contributed by atoms with Gasteiger partial charge in [-0.25, -0.2) is 10.4 Å². The standard InChI is InChI=1S/C11H10N2O4S/c14-9-6-3-1-2-4-8(6)13(10(9)15)12-7(5-18)11(16)17/h1-4,7,12,18H,5H2,(H,16,17)/t7-/m0/s1. The van der Waals surface area contributed by atoms with Crippen LogP contribution in [0.25, 0.3) is 0 Å². The lowest BCUT2D eigenvalue weighted by Gasteiger charge is -2.21. The molecule has 1 aliphatic heterocycles. The molecule has 0 saturated carbocycles. The molecular formula is C11H10N2O4S. The van der Waals surface area contributed by atoms with Crippen molar-refractivity contribution >= 4 is 36.0 Å². The van der Waals surface area contributed by atoms with E-state index in [1.54, 1.807) is 18.2 Å². The number of rotatable bonds is 4. The third-order valence-corrected chi connectivity index (χ3v) is 2.92. The van der Waals surface area contributed by atoms with Gasteiger partial charge < -0.3 is 5.11 Å². The van der Waals surface area contributed by atoms with E-state index in [1.165, 1.54) is 6.07 Å². The summed E-state index contributed by atoms with van der Waals surface area (Å²) < 4.78 is 0. The number of para-hydroxylation sites is 1. The Morgan fingerprint density at radius 3 is 2.67 bits per heavy atom. The molecule has 0 aliphatic carbocycles. The van der Waals surface area contributed by atoms with E-state index in [1.807, 2.05) is 0 Å². The Labute approximate surface area is 108 Å². The number of benzene rings is 1. The fraction of sp³-hybridized carbons (Fsp3) is 0.182. The van der Waals surface area contributed by atoms with Gasteiger partial charge in [-0.05, 0) is 12.1 Å². The molecule has 1 aromatic carbocycles. The van der Waals surface area contributed by atoms with Gasteiger partial charge in [0.2, 0.25) is 0 Å². The van der Waals surface area contributed by atoms with Gasteiger partial charge in [-0.1, -0.05) is 12.1 Å². The Morgan fingerprint density at radius 2 is 2.06 bits per heavy atom. The van der Waals surface area contributed by atoms with Crippen LogP contribution in [-0.2, 0) is 9.59 Å². The van der Waals surface area contributed by atoms with Gasteiger partial charge in [0.15, 0.2) is 0 Å². The van der Waals surface area contributed by atoms with Gasteiger partial charge >= 0.3 is 11.9 Å². The number of ketones is 1. The van der Waals surface area contributed by atoms with Gasteiger partial charge in [0.05, 0.1) is 11.3 Å². The second kappa shape index (κ2) is 4.79. The molecule has 1 aromatic rings. The molecule has 94 valence electrons. The minimum atomic E-state index is -1.14. The summed E-state index contributed by atoms with van der Waals surface area (Å²) >= 11 is 3.88. The summed E-state index contributed by atoms with van der Waals surface area (Å²) in [5, 5.41) is 9.86. The summed E-state index contributed by atoms with van der Waals surface area (Å²) in [6.07, 6.45) is 0. The summed E-state index contributed by atoms with van der Waals surface area (Å²) in [5.41, 5.74) is 3.11. The predicted octanol–water partition coefficient (Wildman–Crippen LogP) is 0.103. The number of anilines is 1. The molecule has 0 fully saturated rings. The van der Waals surface area contributed by atoms with E-state index in [0.29, 0.717) is 5.69 Å². The van der Waals surface area contributed by atoms with E-state index in [9.17, 15) is 14.4 Å².